The quantitative estimate of drug-likeness (QED) is 0.252. The van der Waals surface area contributed by atoms with Crippen molar-refractivity contribution in [1.82, 2.24) is 0 Å². The van der Waals surface area contributed by atoms with Crippen molar-refractivity contribution in [2.45, 2.75) is 142 Å². The molecule has 11 unspecified atom stereocenters. The molecule has 0 amide bonds. The van der Waals surface area contributed by atoms with E-state index in [0.717, 1.165) is 43.3 Å². The zero-order valence-electron chi connectivity index (χ0n) is 25.4. The number of carbonyl (C=O) groups is 2. The molecule has 0 aromatic carbocycles. The molecule has 230 valence electrons. The first-order chi connectivity index (χ1) is 18.7. The van der Waals surface area contributed by atoms with Crippen LogP contribution in [0.4, 0.5) is 0 Å². The van der Waals surface area contributed by atoms with Crippen LogP contribution in [0.2, 0.25) is 0 Å². The molecule has 0 radical (unpaired) electrons. The fourth-order valence-electron chi connectivity index (χ4n) is 5.75. The second-order valence-electron chi connectivity index (χ2n) is 12.8. The molecule has 0 aromatic rings. The Balaban J connectivity index is 2.07. The van der Waals surface area contributed by atoms with Crippen molar-refractivity contribution in [3.05, 3.63) is 23.8 Å². The van der Waals surface area contributed by atoms with Gasteiger partial charge in [-0.1, -0.05) is 57.4 Å². The molecule has 1 fully saturated rings. The lowest BCUT2D eigenvalue weighted by Gasteiger charge is -2.27. The van der Waals surface area contributed by atoms with E-state index < -0.39 is 54.1 Å². The van der Waals surface area contributed by atoms with Crippen LogP contribution in [0.3, 0.4) is 0 Å². The van der Waals surface area contributed by atoms with Crippen LogP contribution in [-0.2, 0) is 19.1 Å². The van der Waals surface area contributed by atoms with E-state index in [0.29, 0.717) is 18.8 Å². The number of hydrogen-bond donors (Lipinski definition) is 4. The molecule has 0 spiro atoms. The van der Waals surface area contributed by atoms with Crippen LogP contribution >= 0.6 is 0 Å². The highest BCUT2D eigenvalue weighted by Gasteiger charge is 2.39. The topological polar surface area (TPSA) is 137 Å². The summed E-state index contributed by atoms with van der Waals surface area (Å²) in [7, 11) is 0. The monoisotopic (exact) mass is 566 g/mol. The van der Waals surface area contributed by atoms with Crippen LogP contribution in [0.15, 0.2) is 23.8 Å². The van der Waals surface area contributed by atoms with Crippen molar-refractivity contribution in [2.24, 2.45) is 23.7 Å². The lowest BCUT2D eigenvalue weighted by atomic mass is 9.88. The highest BCUT2D eigenvalue weighted by atomic mass is 16.6. The van der Waals surface area contributed by atoms with E-state index in [1.807, 2.05) is 13.8 Å². The van der Waals surface area contributed by atoms with Gasteiger partial charge in [-0.3, -0.25) is 9.59 Å². The predicted octanol–water partition coefficient (Wildman–Crippen LogP) is 4.27. The first kappa shape index (κ1) is 34.6. The average molecular weight is 567 g/mol. The highest BCUT2D eigenvalue weighted by molar-refractivity contribution is 5.83. The van der Waals surface area contributed by atoms with Gasteiger partial charge in [0.1, 0.15) is 6.10 Å². The fourth-order valence-corrected chi connectivity index (χ4v) is 5.75. The number of rotatable bonds is 0. The Labute approximate surface area is 240 Å². The van der Waals surface area contributed by atoms with Crippen LogP contribution in [0.25, 0.3) is 0 Å². The van der Waals surface area contributed by atoms with Crippen molar-refractivity contribution in [1.29, 1.82) is 0 Å². The Morgan fingerprint density at radius 2 is 1.52 bits per heavy atom. The second kappa shape index (κ2) is 16.2. The van der Waals surface area contributed by atoms with E-state index in [9.17, 15) is 30.0 Å². The van der Waals surface area contributed by atoms with E-state index >= 15 is 0 Å². The molecule has 0 saturated carbocycles. The Morgan fingerprint density at radius 1 is 0.875 bits per heavy atom. The van der Waals surface area contributed by atoms with Crippen molar-refractivity contribution in [2.75, 3.05) is 0 Å². The molecular formula is C32H54O8. The van der Waals surface area contributed by atoms with Crippen LogP contribution in [0, 0.1) is 23.7 Å². The van der Waals surface area contributed by atoms with E-state index in [1.54, 1.807) is 20.8 Å². The van der Waals surface area contributed by atoms with Gasteiger partial charge in [-0.15, -0.1) is 0 Å². The van der Waals surface area contributed by atoms with Crippen LogP contribution in [0.1, 0.15) is 99.3 Å². The summed E-state index contributed by atoms with van der Waals surface area (Å²) in [5.74, 6) is -1.93. The molecule has 0 aliphatic carbocycles. The van der Waals surface area contributed by atoms with Gasteiger partial charge in [0.05, 0.1) is 42.5 Å². The SMILES string of the molecule is C=C1C=C(C)C(C)CC(O)CC(=O)C(O)C(O)C(C)CC(C)OC(=O)C(C)C(O)CCCCC2OC2CC(C)C1. The normalized spacial score (nSPS) is 41.0. The minimum absolute atomic E-state index is 0.0157. The van der Waals surface area contributed by atoms with Gasteiger partial charge in [0.2, 0.25) is 0 Å². The number of aliphatic hydroxyl groups is 4. The molecule has 2 aliphatic heterocycles. The third kappa shape index (κ3) is 11.4. The van der Waals surface area contributed by atoms with Gasteiger partial charge in [-0.2, -0.15) is 0 Å². The molecule has 2 heterocycles. The lowest BCUT2D eigenvalue weighted by Crippen LogP contribution is -2.41. The molecule has 8 nitrogen and oxygen atoms in total. The number of epoxide rings is 1. The summed E-state index contributed by atoms with van der Waals surface area (Å²) < 4.78 is 11.4. The van der Waals surface area contributed by atoms with Crippen molar-refractivity contribution < 1.29 is 39.5 Å². The Kier molecular flexibility index (Phi) is 14.0. The third-order valence-electron chi connectivity index (χ3n) is 8.65. The summed E-state index contributed by atoms with van der Waals surface area (Å²) in [5, 5.41) is 42.1. The Morgan fingerprint density at radius 3 is 2.20 bits per heavy atom. The lowest BCUT2D eigenvalue weighted by molar-refractivity contribution is -0.158. The third-order valence-corrected chi connectivity index (χ3v) is 8.65. The Bertz CT molecular complexity index is 869. The molecule has 8 heteroatoms. The minimum atomic E-state index is -1.64. The van der Waals surface area contributed by atoms with Gasteiger partial charge in [-0.05, 0) is 77.0 Å². The van der Waals surface area contributed by atoms with E-state index in [1.165, 1.54) is 0 Å². The van der Waals surface area contributed by atoms with Gasteiger partial charge in [0, 0.05) is 6.42 Å². The molecule has 40 heavy (non-hydrogen) atoms. The van der Waals surface area contributed by atoms with Gasteiger partial charge in [-0.25, -0.2) is 0 Å². The number of carbonyl (C=O) groups excluding carboxylic acids is 2. The fraction of sp³-hybridized carbons (Fsp3) is 0.812. The molecule has 11 atom stereocenters. The first-order valence-corrected chi connectivity index (χ1v) is 15.2. The number of cyclic esters (lactones) is 1. The minimum Gasteiger partial charge on any atom is -0.462 e. The molecule has 1 saturated heterocycles. The van der Waals surface area contributed by atoms with Gasteiger partial charge < -0.3 is 29.9 Å². The maximum atomic E-state index is 12.6. The zero-order valence-corrected chi connectivity index (χ0v) is 25.4. The maximum absolute atomic E-state index is 12.6. The number of ether oxygens (including phenoxy) is 2. The summed E-state index contributed by atoms with van der Waals surface area (Å²) in [6.07, 6.45) is 2.51. The highest BCUT2D eigenvalue weighted by Crippen LogP contribution is 2.34. The predicted molar refractivity (Wildman–Crippen MR) is 154 cm³/mol. The van der Waals surface area contributed by atoms with Crippen LogP contribution in [-0.4, -0.2) is 74.9 Å². The van der Waals surface area contributed by atoms with Crippen molar-refractivity contribution in [3.8, 4) is 0 Å². The number of fused-ring (bicyclic) bond motifs is 1. The molecule has 2 rings (SSSR count). The van der Waals surface area contributed by atoms with Crippen molar-refractivity contribution >= 4 is 11.8 Å². The smallest absolute Gasteiger partial charge is 0.311 e. The maximum Gasteiger partial charge on any atom is 0.311 e. The standard InChI is InChI=1S/C32H54O8/c1-18-12-19(2)14-29-28(40-29)11-9-8-10-26(34)24(7)32(38)39-23(6)15-22(5)30(36)31(37)27(35)17-25(33)16-21(4)20(3)13-18/h13,19,21-26,28-31,33-34,36-37H,1,8-12,14-17H2,2-7H3. The van der Waals surface area contributed by atoms with Crippen molar-refractivity contribution in [3.63, 3.8) is 0 Å². The zero-order chi connectivity index (χ0) is 30.1. The van der Waals surface area contributed by atoms with Crippen LogP contribution < -0.4 is 0 Å². The molecular weight excluding hydrogens is 512 g/mol. The number of aliphatic hydroxyl groups excluding tert-OH is 4. The Hall–Kier alpha value is -1.58. The largest absolute Gasteiger partial charge is 0.462 e. The molecule has 4 N–H and O–H groups in total. The van der Waals surface area contributed by atoms with E-state index in [2.05, 4.69) is 19.6 Å². The van der Waals surface area contributed by atoms with Gasteiger partial charge in [0.15, 0.2) is 5.78 Å². The van der Waals surface area contributed by atoms with Gasteiger partial charge in [0.25, 0.3) is 0 Å². The summed E-state index contributed by atoms with van der Waals surface area (Å²) in [6, 6.07) is 0. The number of allylic oxidation sites excluding steroid dienone is 3. The first-order valence-electron chi connectivity index (χ1n) is 15.2. The molecule has 2 aliphatic rings. The molecule has 0 aromatic heterocycles. The second-order valence-corrected chi connectivity index (χ2v) is 12.8. The number of Topliss-reactive ketones (excluding diaryl/α,β-unsaturated/α-hetero) is 1. The number of ketones is 1. The number of hydrogen-bond acceptors (Lipinski definition) is 8. The van der Waals surface area contributed by atoms with E-state index in [4.69, 9.17) is 9.47 Å². The summed E-state index contributed by atoms with van der Waals surface area (Å²) in [4.78, 5) is 25.2. The average Bonchev–Trinajstić information content (AvgIpc) is 3.60. The van der Waals surface area contributed by atoms with Gasteiger partial charge >= 0.3 is 5.97 Å². The number of esters is 1. The summed E-state index contributed by atoms with van der Waals surface area (Å²) in [5.41, 5.74) is 2.09. The van der Waals surface area contributed by atoms with E-state index in [-0.39, 0.29) is 31.0 Å². The summed E-state index contributed by atoms with van der Waals surface area (Å²) >= 11 is 0. The summed E-state index contributed by atoms with van der Waals surface area (Å²) in [6.45, 7) is 15.4. The molecule has 0 bridgehead atoms. The van der Waals surface area contributed by atoms with Crippen LogP contribution in [0.5, 0.6) is 0 Å².